The third kappa shape index (κ3) is 1.14. The van der Waals surface area contributed by atoms with Crippen LogP contribution in [0.15, 0.2) is 18.3 Å². The lowest BCUT2D eigenvalue weighted by atomic mass is 10.2. The first kappa shape index (κ1) is 9.33. The van der Waals surface area contributed by atoms with E-state index in [4.69, 9.17) is 0 Å². The highest BCUT2D eigenvalue weighted by molar-refractivity contribution is 6.24. The summed E-state index contributed by atoms with van der Waals surface area (Å²) in [6, 6.07) is 3.18. The van der Waals surface area contributed by atoms with E-state index in [1.807, 2.05) is 6.92 Å². The molecular formula is C11H11N3O2. The second kappa shape index (κ2) is 2.81. The Morgan fingerprint density at radius 3 is 2.62 bits per heavy atom. The van der Waals surface area contributed by atoms with E-state index in [-0.39, 0.29) is 11.9 Å². The SMILES string of the molecule is Cc1ccc(N2C(=O)NC3(CC3)C2=O)cn1. The van der Waals surface area contributed by atoms with Gasteiger partial charge in [-0.1, -0.05) is 0 Å². The van der Waals surface area contributed by atoms with Crippen molar-refractivity contribution in [1.29, 1.82) is 0 Å². The molecule has 0 unspecified atom stereocenters. The van der Waals surface area contributed by atoms with E-state index in [9.17, 15) is 9.59 Å². The lowest BCUT2D eigenvalue weighted by molar-refractivity contribution is -0.119. The van der Waals surface area contributed by atoms with Crippen molar-refractivity contribution in [3.63, 3.8) is 0 Å². The molecule has 5 heteroatoms. The normalized spacial score (nSPS) is 21.4. The lowest BCUT2D eigenvalue weighted by Crippen LogP contribution is -2.32. The standard InChI is InChI=1S/C11H11N3O2/c1-7-2-3-8(6-12-7)14-9(15)11(4-5-11)13-10(14)16/h2-3,6H,4-5H2,1H3,(H,13,16). The number of carbonyl (C=O) groups excluding carboxylic acids is 2. The van der Waals surface area contributed by atoms with Crippen LogP contribution in [0, 0.1) is 6.92 Å². The van der Waals surface area contributed by atoms with Gasteiger partial charge in [0.05, 0.1) is 11.9 Å². The van der Waals surface area contributed by atoms with Crippen molar-refractivity contribution in [3.05, 3.63) is 24.0 Å². The number of urea groups is 1. The maximum Gasteiger partial charge on any atom is 0.329 e. The molecule has 0 bridgehead atoms. The monoisotopic (exact) mass is 217 g/mol. The molecule has 2 aliphatic rings. The average Bonchev–Trinajstić information content (AvgIpc) is 2.97. The highest BCUT2D eigenvalue weighted by Crippen LogP contribution is 2.42. The molecular weight excluding hydrogens is 206 g/mol. The molecule has 0 atom stereocenters. The van der Waals surface area contributed by atoms with Crippen LogP contribution in [0.4, 0.5) is 10.5 Å². The second-order valence-electron chi connectivity index (χ2n) is 4.31. The summed E-state index contributed by atoms with van der Waals surface area (Å²) in [5, 5.41) is 2.73. The van der Waals surface area contributed by atoms with Crippen LogP contribution in [0.2, 0.25) is 0 Å². The Kier molecular flexibility index (Phi) is 1.64. The van der Waals surface area contributed by atoms with E-state index in [0.717, 1.165) is 18.5 Å². The molecule has 82 valence electrons. The summed E-state index contributed by atoms with van der Waals surface area (Å²) in [5.74, 6) is -0.150. The first-order valence-corrected chi connectivity index (χ1v) is 5.22. The first-order chi connectivity index (χ1) is 7.62. The van der Waals surface area contributed by atoms with Crippen molar-refractivity contribution in [2.24, 2.45) is 0 Å². The van der Waals surface area contributed by atoms with E-state index < -0.39 is 5.54 Å². The Morgan fingerprint density at radius 1 is 1.38 bits per heavy atom. The zero-order valence-corrected chi connectivity index (χ0v) is 8.86. The van der Waals surface area contributed by atoms with Gasteiger partial charge in [-0.25, -0.2) is 9.69 Å². The van der Waals surface area contributed by atoms with Gasteiger partial charge in [0.25, 0.3) is 5.91 Å². The van der Waals surface area contributed by atoms with Gasteiger partial charge in [-0.05, 0) is 31.9 Å². The molecule has 16 heavy (non-hydrogen) atoms. The number of imide groups is 1. The van der Waals surface area contributed by atoms with Gasteiger partial charge in [0.15, 0.2) is 0 Å². The molecule has 0 radical (unpaired) electrons. The Balaban J connectivity index is 1.98. The minimum Gasteiger partial charge on any atom is -0.323 e. The Bertz CT molecular complexity index is 477. The number of nitrogens with one attached hydrogen (secondary N) is 1. The molecule has 5 nitrogen and oxygen atoms in total. The van der Waals surface area contributed by atoms with Crippen LogP contribution in [0.3, 0.4) is 0 Å². The van der Waals surface area contributed by atoms with Crippen LogP contribution in [0.1, 0.15) is 18.5 Å². The van der Waals surface area contributed by atoms with Gasteiger partial charge in [-0.2, -0.15) is 0 Å². The molecule has 1 aliphatic carbocycles. The highest BCUT2D eigenvalue weighted by Gasteiger charge is 2.59. The van der Waals surface area contributed by atoms with Crippen LogP contribution in [0.5, 0.6) is 0 Å². The van der Waals surface area contributed by atoms with Crippen molar-refractivity contribution >= 4 is 17.6 Å². The molecule has 2 heterocycles. The Morgan fingerprint density at radius 2 is 2.12 bits per heavy atom. The van der Waals surface area contributed by atoms with Crippen molar-refractivity contribution in [3.8, 4) is 0 Å². The zero-order chi connectivity index (χ0) is 11.3. The topological polar surface area (TPSA) is 62.3 Å². The molecule has 1 saturated heterocycles. The van der Waals surface area contributed by atoms with Crippen molar-refractivity contribution in [2.75, 3.05) is 4.90 Å². The maximum absolute atomic E-state index is 12.0. The van der Waals surface area contributed by atoms with Crippen molar-refractivity contribution < 1.29 is 9.59 Å². The van der Waals surface area contributed by atoms with Gasteiger partial charge in [0, 0.05) is 5.69 Å². The van der Waals surface area contributed by atoms with Gasteiger partial charge in [-0.15, -0.1) is 0 Å². The van der Waals surface area contributed by atoms with Crippen LogP contribution < -0.4 is 10.2 Å². The number of rotatable bonds is 1. The third-order valence-corrected chi connectivity index (χ3v) is 3.07. The van der Waals surface area contributed by atoms with Crippen molar-refractivity contribution in [1.82, 2.24) is 10.3 Å². The summed E-state index contributed by atoms with van der Waals surface area (Å²) in [7, 11) is 0. The third-order valence-electron chi connectivity index (χ3n) is 3.07. The number of anilines is 1. The quantitative estimate of drug-likeness (QED) is 0.713. The number of aryl methyl sites for hydroxylation is 1. The second-order valence-corrected chi connectivity index (χ2v) is 4.31. The van der Waals surface area contributed by atoms with E-state index in [0.29, 0.717) is 5.69 Å². The van der Waals surface area contributed by atoms with Crippen molar-refractivity contribution in [2.45, 2.75) is 25.3 Å². The van der Waals surface area contributed by atoms with Gasteiger partial charge >= 0.3 is 6.03 Å². The van der Waals surface area contributed by atoms with Crippen LogP contribution >= 0.6 is 0 Å². The molecule has 1 spiro atoms. The predicted octanol–water partition coefficient (Wildman–Crippen LogP) is 0.979. The number of carbonyl (C=O) groups is 2. The molecule has 0 aromatic carbocycles. The molecule has 1 N–H and O–H groups in total. The number of hydrogen-bond acceptors (Lipinski definition) is 3. The van der Waals surface area contributed by atoms with Gasteiger partial charge < -0.3 is 5.32 Å². The summed E-state index contributed by atoms with van der Waals surface area (Å²) in [4.78, 5) is 29.0. The van der Waals surface area contributed by atoms with E-state index in [2.05, 4.69) is 10.3 Å². The average molecular weight is 217 g/mol. The molecule has 2 fully saturated rings. The molecule has 1 saturated carbocycles. The zero-order valence-electron chi connectivity index (χ0n) is 8.86. The van der Waals surface area contributed by atoms with E-state index in [1.54, 1.807) is 18.3 Å². The Labute approximate surface area is 92.5 Å². The van der Waals surface area contributed by atoms with E-state index in [1.165, 1.54) is 4.90 Å². The fourth-order valence-corrected chi connectivity index (χ4v) is 1.91. The molecule has 1 aromatic heterocycles. The summed E-state index contributed by atoms with van der Waals surface area (Å²) < 4.78 is 0. The van der Waals surface area contributed by atoms with Crippen LogP contribution in [0.25, 0.3) is 0 Å². The van der Waals surface area contributed by atoms with Crippen LogP contribution in [-0.4, -0.2) is 22.5 Å². The molecule has 3 amide bonds. The summed E-state index contributed by atoms with van der Waals surface area (Å²) in [6.07, 6.45) is 3.04. The fraction of sp³-hybridized carbons (Fsp3) is 0.364. The van der Waals surface area contributed by atoms with Gasteiger partial charge in [-0.3, -0.25) is 9.78 Å². The first-order valence-electron chi connectivity index (χ1n) is 5.22. The highest BCUT2D eigenvalue weighted by atomic mass is 16.2. The summed E-state index contributed by atoms with van der Waals surface area (Å²) in [6.45, 7) is 1.86. The number of nitrogens with zero attached hydrogens (tertiary/aromatic N) is 2. The van der Waals surface area contributed by atoms with Gasteiger partial charge in [0.2, 0.25) is 0 Å². The molecule has 1 aromatic rings. The Hall–Kier alpha value is -1.91. The number of amides is 3. The minimum absolute atomic E-state index is 0.150. The maximum atomic E-state index is 12.0. The lowest BCUT2D eigenvalue weighted by Gasteiger charge is -2.12. The summed E-state index contributed by atoms with van der Waals surface area (Å²) >= 11 is 0. The van der Waals surface area contributed by atoms with Crippen LogP contribution in [-0.2, 0) is 4.79 Å². The fourth-order valence-electron chi connectivity index (χ4n) is 1.91. The number of aromatic nitrogens is 1. The van der Waals surface area contributed by atoms with E-state index >= 15 is 0 Å². The molecule has 3 rings (SSSR count). The number of hydrogen-bond donors (Lipinski definition) is 1. The van der Waals surface area contributed by atoms with Gasteiger partial charge in [0.1, 0.15) is 5.54 Å². The molecule has 1 aliphatic heterocycles. The number of pyridine rings is 1. The summed E-state index contributed by atoms with van der Waals surface area (Å²) in [5.41, 5.74) is 0.802. The minimum atomic E-state index is -0.595. The predicted molar refractivity (Wildman–Crippen MR) is 57.0 cm³/mol. The smallest absolute Gasteiger partial charge is 0.323 e. The largest absolute Gasteiger partial charge is 0.329 e.